The van der Waals surface area contributed by atoms with Crippen molar-refractivity contribution < 1.29 is 9.47 Å². The minimum atomic E-state index is 0.458. The first-order valence-corrected chi connectivity index (χ1v) is 6.88. The van der Waals surface area contributed by atoms with Crippen LogP contribution in [-0.2, 0) is 6.54 Å². The van der Waals surface area contributed by atoms with Crippen LogP contribution in [0, 0.1) is 6.92 Å². The molecule has 0 aromatic heterocycles. The van der Waals surface area contributed by atoms with E-state index in [0.717, 1.165) is 22.6 Å². The van der Waals surface area contributed by atoms with E-state index in [1.54, 1.807) is 0 Å². The largest absolute Gasteiger partial charge is 0.490 e. The Morgan fingerprint density at radius 2 is 1.70 bits per heavy atom. The molecule has 0 atom stereocenters. The standard InChI is InChI=1S/C16H18ClNO2/c1-12-6-7-14(17)10-16(12)20-9-8-19-15-5-3-2-4-13(15)11-18/h2-7,10H,8-9,11,18H2,1H3. The van der Waals surface area contributed by atoms with E-state index < -0.39 is 0 Å². The smallest absolute Gasteiger partial charge is 0.123 e. The first kappa shape index (κ1) is 14.7. The summed E-state index contributed by atoms with van der Waals surface area (Å²) in [6.45, 7) is 3.36. The van der Waals surface area contributed by atoms with Gasteiger partial charge in [-0.1, -0.05) is 35.9 Å². The molecule has 0 aliphatic heterocycles. The van der Waals surface area contributed by atoms with Gasteiger partial charge in [-0.25, -0.2) is 0 Å². The number of rotatable bonds is 6. The van der Waals surface area contributed by atoms with Crippen molar-refractivity contribution in [2.24, 2.45) is 5.73 Å². The molecule has 20 heavy (non-hydrogen) atoms. The summed E-state index contributed by atoms with van der Waals surface area (Å²) in [5.41, 5.74) is 7.70. The van der Waals surface area contributed by atoms with E-state index in [0.29, 0.717) is 24.8 Å². The van der Waals surface area contributed by atoms with E-state index in [-0.39, 0.29) is 0 Å². The lowest BCUT2D eigenvalue weighted by atomic mass is 10.2. The van der Waals surface area contributed by atoms with Crippen molar-refractivity contribution in [1.82, 2.24) is 0 Å². The summed E-state index contributed by atoms with van der Waals surface area (Å²) in [6, 6.07) is 13.3. The van der Waals surface area contributed by atoms with Crippen LogP contribution in [0.1, 0.15) is 11.1 Å². The van der Waals surface area contributed by atoms with Crippen molar-refractivity contribution in [1.29, 1.82) is 0 Å². The Kier molecular flexibility index (Phi) is 5.27. The number of ether oxygens (including phenoxy) is 2. The molecule has 0 aliphatic rings. The SMILES string of the molecule is Cc1ccc(Cl)cc1OCCOc1ccccc1CN. The molecule has 0 spiro atoms. The fraction of sp³-hybridized carbons (Fsp3) is 0.250. The molecular formula is C16H18ClNO2. The summed E-state index contributed by atoms with van der Waals surface area (Å²) in [4.78, 5) is 0. The van der Waals surface area contributed by atoms with Gasteiger partial charge in [-0.05, 0) is 30.7 Å². The average Bonchev–Trinajstić information content (AvgIpc) is 2.47. The summed E-state index contributed by atoms with van der Waals surface area (Å²) in [5, 5.41) is 0.667. The van der Waals surface area contributed by atoms with Crippen LogP contribution in [0.5, 0.6) is 11.5 Å². The van der Waals surface area contributed by atoms with E-state index >= 15 is 0 Å². The highest BCUT2D eigenvalue weighted by molar-refractivity contribution is 6.30. The number of aryl methyl sites for hydroxylation is 1. The molecule has 2 rings (SSSR count). The lowest BCUT2D eigenvalue weighted by molar-refractivity contribution is 0.215. The van der Waals surface area contributed by atoms with Crippen molar-refractivity contribution in [3.05, 3.63) is 58.6 Å². The van der Waals surface area contributed by atoms with Gasteiger partial charge in [0.25, 0.3) is 0 Å². The Labute approximate surface area is 124 Å². The number of hydrogen-bond donors (Lipinski definition) is 1. The minimum Gasteiger partial charge on any atom is -0.490 e. The zero-order valence-electron chi connectivity index (χ0n) is 11.4. The summed E-state index contributed by atoms with van der Waals surface area (Å²) in [7, 11) is 0. The topological polar surface area (TPSA) is 44.5 Å². The lowest BCUT2D eigenvalue weighted by Crippen LogP contribution is -2.11. The van der Waals surface area contributed by atoms with Gasteiger partial charge in [0.05, 0.1) is 0 Å². The Morgan fingerprint density at radius 3 is 2.45 bits per heavy atom. The zero-order valence-corrected chi connectivity index (χ0v) is 12.2. The maximum Gasteiger partial charge on any atom is 0.123 e. The predicted molar refractivity (Wildman–Crippen MR) is 81.5 cm³/mol. The molecule has 2 N–H and O–H groups in total. The van der Waals surface area contributed by atoms with E-state index in [4.69, 9.17) is 26.8 Å². The summed E-state index contributed by atoms with van der Waals surface area (Å²) >= 11 is 5.94. The molecule has 0 saturated heterocycles. The van der Waals surface area contributed by atoms with Crippen LogP contribution in [0.2, 0.25) is 5.02 Å². The van der Waals surface area contributed by atoms with Gasteiger partial charge in [0.2, 0.25) is 0 Å². The fourth-order valence-electron chi connectivity index (χ4n) is 1.85. The highest BCUT2D eigenvalue weighted by Crippen LogP contribution is 2.22. The van der Waals surface area contributed by atoms with Gasteiger partial charge >= 0.3 is 0 Å². The molecule has 4 heteroatoms. The summed E-state index contributed by atoms with van der Waals surface area (Å²) < 4.78 is 11.4. The van der Waals surface area contributed by atoms with Gasteiger partial charge in [0.1, 0.15) is 24.7 Å². The number of para-hydroxylation sites is 1. The molecule has 0 unspecified atom stereocenters. The maximum absolute atomic E-state index is 5.94. The summed E-state index contributed by atoms with van der Waals surface area (Å²) in [5.74, 6) is 1.59. The van der Waals surface area contributed by atoms with Crippen molar-refractivity contribution in [3.63, 3.8) is 0 Å². The van der Waals surface area contributed by atoms with Crippen molar-refractivity contribution in [2.45, 2.75) is 13.5 Å². The molecule has 3 nitrogen and oxygen atoms in total. The molecule has 0 fully saturated rings. The minimum absolute atomic E-state index is 0.458. The second kappa shape index (κ2) is 7.17. The molecule has 0 heterocycles. The molecular weight excluding hydrogens is 274 g/mol. The van der Waals surface area contributed by atoms with Crippen LogP contribution in [0.25, 0.3) is 0 Å². The normalized spacial score (nSPS) is 10.3. The van der Waals surface area contributed by atoms with Gasteiger partial charge in [-0.15, -0.1) is 0 Å². The number of hydrogen-bond acceptors (Lipinski definition) is 3. The third kappa shape index (κ3) is 3.89. The fourth-order valence-corrected chi connectivity index (χ4v) is 2.01. The van der Waals surface area contributed by atoms with Crippen LogP contribution >= 0.6 is 11.6 Å². The highest BCUT2D eigenvalue weighted by Gasteiger charge is 2.03. The third-order valence-electron chi connectivity index (χ3n) is 2.94. The van der Waals surface area contributed by atoms with Crippen molar-refractivity contribution >= 4 is 11.6 Å². The Morgan fingerprint density at radius 1 is 1.00 bits per heavy atom. The van der Waals surface area contributed by atoms with Crippen LogP contribution in [0.15, 0.2) is 42.5 Å². The molecule has 0 amide bonds. The first-order valence-electron chi connectivity index (χ1n) is 6.50. The first-order chi connectivity index (χ1) is 9.70. The number of halogens is 1. The van der Waals surface area contributed by atoms with Gasteiger partial charge in [-0.3, -0.25) is 0 Å². The van der Waals surface area contributed by atoms with Crippen molar-refractivity contribution in [2.75, 3.05) is 13.2 Å². The molecule has 0 radical (unpaired) electrons. The van der Waals surface area contributed by atoms with Crippen LogP contribution in [0.3, 0.4) is 0 Å². The quantitative estimate of drug-likeness (QED) is 0.828. The molecule has 0 bridgehead atoms. The molecule has 2 aromatic rings. The van der Waals surface area contributed by atoms with E-state index in [9.17, 15) is 0 Å². The molecule has 0 aliphatic carbocycles. The second-order valence-corrected chi connectivity index (χ2v) is 4.86. The van der Waals surface area contributed by atoms with Gasteiger partial charge in [-0.2, -0.15) is 0 Å². The molecule has 106 valence electrons. The predicted octanol–water partition coefficient (Wildman–Crippen LogP) is 3.56. The maximum atomic E-state index is 5.94. The molecule has 2 aromatic carbocycles. The zero-order chi connectivity index (χ0) is 14.4. The third-order valence-corrected chi connectivity index (χ3v) is 3.18. The van der Waals surface area contributed by atoms with Crippen LogP contribution in [-0.4, -0.2) is 13.2 Å². The van der Waals surface area contributed by atoms with Gasteiger partial charge < -0.3 is 15.2 Å². The highest BCUT2D eigenvalue weighted by atomic mass is 35.5. The van der Waals surface area contributed by atoms with Crippen molar-refractivity contribution in [3.8, 4) is 11.5 Å². The molecule has 0 saturated carbocycles. The van der Waals surface area contributed by atoms with Crippen LogP contribution in [0.4, 0.5) is 0 Å². The van der Waals surface area contributed by atoms with Gasteiger partial charge in [0.15, 0.2) is 0 Å². The average molecular weight is 292 g/mol. The Balaban J connectivity index is 1.86. The number of nitrogens with two attached hydrogens (primary N) is 1. The Hall–Kier alpha value is -1.71. The second-order valence-electron chi connectivity index (χ2n) is 4.42. The monoisotopic (exact) mass is 291 g/mol. The van der Waals surface area contributed by atoms with E-state index in [2.05, 4.69) is 0 Å². The van der Waals surface area contributed by atoms with Gasteiger partial charge in [0, 0.05) is 17.1 Å². The van der Waals surface area contributed by atoms with E-state index in [1.807, 2.05) is 49.4 Å². The lowest BCUT2D eigenvalue weighted by Gasteiger charge is -2.12. The number of benzene rings is 2. The van der Waals surface area contributed by atoms with Crippen LogP contribution < -0.4 is 15.2 Å². The summed E-state index contributed by atoms with van der Waals surface area (Å²) in [6.07, 6.45) is 0. The van der Waals surface area contributed by atoms with E-state index in [1.165, 1.54) is 0 Å². The Bertz CT molecular complexity index is 572.